The maximum absolute atomic E-state index is 13.4. The fraction of sp³-hybridized carbons (Fsp3) is 0.562. The minimum atomic E-state index is -1.29. The highest BCUT2D eigenvalue weighted by Gasteiger charge is 2.21. The van der Waals surface area contributed by atoms with Gasteiger partial charge in [0.2, 0.25) is 0 Å². The van der Waals surface area contributed by atoms with E-state index in [4.69, 9.17) is 9.47 Å². The van der Waals surface area contributed by atoms with Crippen molar-refractivity contribution in [3.8, 4) is 5.75 Å². The minimum absolute atomic E-state index is 0.0826. The van der Waals surface area contributed by atoms with Crippen molar-refractivity contribution >= 4 is 6.09 Å². The third-order valence-electron chi connectivity index (χ3n) is 2.94. The van der Waals surface area contributed by atoms with E-state index in [1.807, 2.05) is 0 Å². The van der Waals surface area contributed by atoms with E-state index in [0.29, 0.717) is 0 Å². The van der Waals surface area contributed by atoms with E-state index in [9.17, 15) is 19.4 Å². The molecule has 0 aliphatic carbocycles. The molecule has 23 heavy (non-hydrogen) atoms. The molecule has 1 aromatic rings. The van der Waals surface area contributed by atoms with Gasteiger partial charge in [0.25, 0.3) is 0 Å². The first-order chi connectivity index (χ1) is 10.6. The molecule has 7 heteroatoms. The van der Waals surface area contributed by atoms with Crippen LogP contribution in [-0.4, -0.2) is 41.7 Å². The van der Waals surface area contributed by atoms with Crippen molar-refractivity contribution in [1.29, 1.82) is 0 Å². The molecular formula is C16H24FNO5. The Morgan fingerprint density at radius 2 is 1.96 bits per heavy atom. The summed E-state index contributed by atoms with van der Waals surface area (Å²) in [6.45, 7) is 5.33. The zero-order valence-electron chi connectivity index (χ0n) is 13.8. The molecule has 0 fully saturated rings. The van der Waals surface area contributed by atoms with Crippen LogP contribution >= 0.6 is 0 Å². The SMILES string of the molecule is COc1cc(F)cc(C(O)C(O)CCNC(=O)OC(C)(C)C)c1. The molecule has 0 aliphatic rings. The molecule has 0 bridgehead atoms. The monoisotopic (exact) mass is 329 g/mol. The average molecular weight is 329 g/mol. The third kappa shape index (κ3) is 6.83. The van der Waals surface area contributed by atoms with Gasteiger partial charge in [-0.25, -0.2) is 9.18 Å². The van der Waals surface area contributed by atoms with Crippen LogP contribution in [0.25, 0.3) is 0 Å². The normalized spacial score (nSPS) is 14.0. The van der Waals surface area contributed by atoms with Gasteiger partial charge in [-0.15, -0.1) is 0 Å². The Morgan fingerprint density at radius 1 is 1.30 bits per heavy atom. The molecule has 0 saturated heterocycles. The van der Waals surface area contributed by atoms with E-state index in [-0.39, 0.29) is 24.3 Å². The first-order valence-corrected chi connectivity index (χ1v) is 7.30. The summed E-state index contributed by atoms with van der Waals surface area (Å²) in [5.41, 5.74) is -0.410. The van der Waals surface area contributed by atoms with Crippen molar-refractivity contribution in [3.63, 3.8) is 0 Å². The van der Waals surface area contributed by atoms with Gasteiger partial charge in [0.15, 0.2) is 0 Å². The number of aliphatic hydroxyl groups excluding tert-OH is 2. The van der Waals surface area contributed by atoms with E-state index < -0.39 is 29.7 Å². The van der Waals surface area contributed by atoms with Crippen LogP contribution in [-0.2, 0) is 4.74 Å². The number of benzene rings is 1. The van der Waals surface area contributed by atoms with Crippen molar-refractivity contribution in [1.82, 2.24) is 5.32 Å². The molecular weight excluding hydrogens is 305 g/mol. The Kier molecular flexibility index (Phi) is 6.78. The van der Waals surface area contributed by atoms with E-state index in [1.165, 1.54) is 19.2 Å². The fourth-order valence-electron chi connectivity index (χ4n) is 1.89. The molecule has 130 valence electrons. The van der Waals surface area contributed by atoms with Crippen LogP contribution in [0.15, 0.2) is 18.2 Å². The van der Waals surface area contributed by atoms with Gasteiger partial charge in [0.05, 0.1) is 13.2 Å². The smallest absolute Gasteiger partial charge is 0.407 e. The molecule has 0 radical (unpaired) electrons. The zero-order valence-corrected chi connectivity index (χ0v) is 13.8. The van der Waals surface area contributed by atoms with Crippen molar-refractivity contribution in [3.05, 3.63) is 29.6 Å². The highest BCUT2D eigenvalue weighted by Crippen LogP contribution is 2.24. The predicted molar refractivity (Wildman–Crippen MR) is 82.8 cm³/mol. The highest BCUT2D eigenvalue weighted by atomic mass is 19.1. The van der Waals surface area contributed by atoms with Crippen molar-refractivity contribution in [2.24, 2.45) is 0 Å². The summed E-state index contributed by atoms with van der Waals surface area (Å²) in [7, 11) is 1.38. The molecule has 0 aliphatic heterocycles. The lowest BCUT2D eigenvalue weighted by Gasteiger charge is -2.21. The van der Waals surface area contributed by atoms with Gasteiger partial charge in [-0.1, -0.05) is 0 Å². The lowest BCUT2D eigenvalue weighted by Crippen LogP contribution is -2.34. The summed E-state index contributed by atoms with van der Waals surface area (Å²) >= 11 is 0. The maximum atomic E-state index is 13.4. The van der Waals surface area contributed by atoms with Gasteiger partial charge in [-0.2, -0.15) is 0 Å². The Bertz CT molecular complexity index is 530. The van der Waals surface area contributed by atoms with Crippen LogP contribution in [0.5, 0.6) is 5.75 Å². The van der Waals surface area contributed by atoms with Crippen molar-refractivity contribution < 1.29 is 28.9 Å². The number of hydrogen-bond donors (Lipinski definition) is 3. The second-order valence-corrected chi connectivity index (χ2v) is 6.15. The van der Waals surface area contributed by atoms with Crippen LogP contribution < -0.4 is 10.1 Å². The maximum Gasteiger partial charge on any atom is 0.407 e. The Morgan fingerprint density at radius 3 is 2.52 bits per heavy atom. The number of hydrogen-bond acceptors (Lipinski definition) is 5. The number of carbonyl (C=O) groups is 1. The van der Waals surface area contributed by atoms with Gasteiger partial charge in [0, 0.05) is 12.6 Å². The van der Waals surface area contributed by atoms with Gasteiger partial charge in [-0.05, 0) is 44.9 Å². The van der Waals surface area contributed by atoms with E-state index in [0.717, 1.165) is 6.07 Å². The standard InChI is InChI=1S/C16H24FNO5/c1-16(2,3)23-15(21)18-6-5-13(19)14(20)10-7-11(17)9-12(8-10)22-4/h7-9,13-14,19-20H,5-6H2,1-4H3,(H,18,21). The van der Waals surface area contributed by atoms with Gasteiger partial charge < -0.3 is 25.0 Å². The molecule has 2 unspecified atom stereocenters. The summed E-state index contributed by atoms with van der Waals surface area (Å²) in [6, 6.07) is 3.74. The summed E-state index contributed by atoms with van der Waals surface area (Å²) in [4.78, 5) is 11.5. The summed E-state index contributed by atoms with van der Waals surface area (Å²) in [5.74, 6) is -0.324. The third-order valence-corrected chi connectivity index (χ3v) is 2.94. The van der Waals surface area contributed by atoms with Crippen LogP contribution in [0.2, 0.25) is 0 Å². The summed E-state index contributed by atoms with van der Waals surface area (Å²) in [5, 5.41) is 22.5. The highest BCUT2D eigenvalue weighted by molar-refractivity contribution is 5.67. The molecule has 6 nitrogen and oxygen atoms in total. The number of amides is 1. The Balaban J connectivity index is 2.53. The number of rotatable bonds is 6. The van der Waals surface area contributed by atoms with Crippen LogP contribution in [0, 0.1) is 5.82 Å². The first-order valence-electron chi connectivity index (χ1n) is 7.30. The fourth-order valence-corrected chi connectivity index (χ4v) is 1.89. The summed E-state index contributed by atoms with van der Waals surface area (Å²) < 4.78 is 23.4. The van der Waals surface area contributed by atoms with Gasteiger partial charge >= 0.3 is 6.09 Å². The summed E-state index contributed by atoms with van der Waals surface area (Å²) in [6.07, 6.45) is -2.98. The number of halogens is 1. The lowest BCUT2D eigenvalue weighted by molar-refractivity contribution is 0.0121. The largest absolute Gasteiger partial charge is 0.497 e. The van der Waals surface area contributed by atoms with Crippen LogP contribution in [0.3, 0.4) is 0 Å². The quantitative estimate of drug-likeness (QED) is 0.744. The van der Waals surface area contributed by atoms with E-state index >= 15 is 0 Å². The molecule has 0 spiro atoms. The van der Waals surface area contributed by atoms with Crippen LogP contribution in [0.1, 0.15) is 38.9 Å². The number of methoxy groups -OCH3 is 1. The zero-order chi connectivity index (χ0) is 17.6. The second kappa shape index (κ2) is 8.12. The lowest BCUT2D eigenvalue weighted by atomic mass is 10.0. The second-order valence-electron chi connectivity index (χ2n) is 6.15. The number of nitrogens with one attached hydrogen (secondary N) is 1. The Labute approximate surface area is 135 Å². The van der Waals surface area contributed by atoms with E-state index in [1.54, 1.807) is 20.8 Å². The molecule has 3 N–H and O–H groups in total. The number of alkyl carbamates (subject to hydrolysis) is 1. The topological polar surface area (TPSA) is 88.0 Å². The van der Waals surface area contributed by atoms with E-state index in [2.05, 4.69) is 5.32 Å². The molecule has 0 aromatic heterocycles. The molecule has 2 atom stereocenters. The molecule has 0 saturated carbocycles. The molecule has 0 heterocycles. The molecule has 1 amide bonds. The van der Waals surface area contributed by atoms with Crippen LogP contribution in [0.4, 0.5) is 9.18 Å². The molecule has 1 rings (SSSR count). The van der Waals surface area contributed by atoms with Crippen molar-refractivity contribution in [2.75, 3.05) is 13.7 Å². The predicted octanol–water partition coefficient (Wildman–Crippen LogP) is 2.14. The first kappa shape index (κ1) is 19.2. The average Bonchev–Trinajstić information content (AvgIpc) is 2.43. The number of aliphatic hydroxyl groups is 2. The van der Waals surface area contributed by atoms with Crippen molar-refractivity contribution in [2.45, 2.75) is 45.0 Å². The number of carbonyl (C=O) groups excluding carboxylic acids is 1. The minimum Gasteiger partial charge on any atom is -0.497 e. The Hall–Kier alpha value is -1.86. The van der Waals surface area contributed by atoms with Gasteiger partial charge in [0.1, 0.15) is 23.3 Å². The molecule has 1 aromatic carbocycles. The number of ether oxygens (including phenoxy) is 2. The van der Waals surface area contributed by atoms with Gasteiger partial charge in [-0.3, -0.25) is 0 Å².